The van der Waals surface area contributed by atoms with Crippen LogP contribution in [0.25, 0.3) is 0 Å². The maximum absolute atomic E-state index is 13.2. The molecular weight excluding hydrogens is 361 g/mol. The summed E-state index contributed by atoms with van der Waals surface area (Å²) in [6.45, 7) is 11.5. The van der Waals surface area contributed by atoms with Gasteiger partial charge in [0.15, 0.2) is 0 Å². The average Bonchev–Trinajstić information content (AvgIpc) is 2.83. The van der Waals surface area contributed by atoms with E-state index in [-0.39, 0.29) is 17.8 Å². The van der Waals surface area contributed by atoms with E-state index in [1.54, 1.807) is 0 Å². The first-order chi connectivity index (χ1) is 12.8. The summed E-state index contributed by atoms with van der Waals surface area (Å²) in [5.74, 6) is 0.317. The summed E-state index contributed by atoms with van der Waals surface area (Å²) in [6.07, 6.45) is 0.937. The maximum atomic E-state index is 13.2. The predicted molar refractivity (Wildman–Crippen MR) is 108 cm³/mol. The van der Waals surface area contributed by atoms with Crippen molar-refractivity contribution in [3.63, 3.8) is 0 Å². The van der Waals surface area contributed by atoms with E-state index >= 15 is 0 Å². The third-order valence-electron chi connectivity index (χ3n) is 5.20. The van der Waals surface area contributed by atoms with Crippen LogP contribution in [0.2, 0.25) is 0 Å². The molecule has 2 heterocycles. The number of nitrogens with zero attached hydrogens (tertiary/aromatic N) is 3. The van der Waals surface area contributed by atoms with Gasteiger partial charge in [-0.2, -0.15) is 0 Å². The molecule has 0 bridgehead atoms. The van der Waals surface area contributed by atoms with E-state index in [0.717, 1.165) is 47.2 Å². The number of thiazole rings is 1. The summed E-state index contributed by atoms with van der Waals surface area (Å²) in [5, 5.41) is 0.934. The van der Waals surface area contributed by atoms with Crippen LogP contribution in [0.5, 0.6) is 0 Å². The van der Waals surface area contributed by atoms with Crippen molar-refractivity contribution in [1.29, 1.82) is 0 Å². The summed E-state index contributed by atoms with van der Waals surface area (Å²) in [7, 11) is 0. The number of aromatic nitrogens is 1. The Hall–Kier alpha value is -1.79. The van der Waals surface area contributed by atoms with E-state index in [1.165, 1.54) is 23.5 Å². The number of hydrogen-bond acceptors (Lipinski definition) is 4. The van der Waals surface area contributed by atoms with E-state index in [4.69, 9.17) is 0 Å². The number of hydrogen-bond donors (Lipinski definition) is 0. The number of amides is 1. The number of carbonyl (C=O) groups is 1. The summed E-state index contributed by atoms with van der Waals surface area (Å²) >= 11 is 1.49. The third kappa shape index (κ3) is 4.74. The number of benzene rings is 1. The number of halogens is 1. The Labute approximate surface area is 165 Å². The van der Waals surface area contributed by atoms with Crippen molar-refractivity contribution in [2.45, 2.75) is 46.7 Å². The van der Waals surface area contributed by atoms with E-state index in [2.05, 4.69) is 23.7 Å². The molecule has 1 aliphatic heterocycles. The summed E-state index contributed by atoms with van der Waals surface area (Å²) in [6, 6.07) is 7.01. The maximum Gasteiger partial charge on any atom is 0.265 e. The van der Waals surface area contributed by atoms with Gasteiger partial charge in [0.1, 0.15) is 10.7 Å². The highest BCUT2D eigenvalue weighted by Crippen LogP contribution is 2.24. The molecule has 1 atom stereocenters. The van der Waals surface area contributed by atoms with Crippen molar-refractivity contribution >= 4 is 17.2 Å². The molecule has 0 spiro atoms. The van der Waals surface area contributed by atoms with Gasteiger partial charge in [-0.05, 0) is 43.9 Å². The van der Waals surface area contributed by atoms with Gasteiger partial charge in [0, 0.05) is 32.2 Å². The first-order valence-electron chi connectivity index (χ1n) is 9.57. The van der Waals surface area contributed by atoms with Crippen LogP contribution in [0, 0.1) is 25.6 Å². The molecule has 27 heavy (non-hydrogen) atoms. The molecule has 1 fully saturated rings. The van der Waals surface area contributed by atoms with Crippen LogP contribution in [0.1, 0.15) is 46.2 Å². The fourth-order valence-electron chi connectivity index (χ4n) is 3.77. The highest BCUT2D eigenvalue weighted by Gasteiger charge is 2.31. The lowest BCUT2D eigenvalue weighted by Gasteiger charge is -2.34. The zero-order valence-electron chi connectivity index (χ0n) is 16.5. The minimum Gasteiger partial charge on any atom is -0.336 e. The molecule has 0 aliphatic carbocycles. The van der Waals surface area contributed by atoms with Gasteiger partial charge in [0.25, 0.3) is 5.91 Å². The Morgan fingerprint density at radius 1 is 1.26 bits per heavy atom. The fourth-order valence-corrected chi connectivity index (χ4v) is 4.66. The molecule has 3 rings (SSSR count). The molecule has 1 aromatic heterocycles. The van der Waals surface area contributed by atoms with Crippen molar-refractivity contribution in [2.75, 3.05) is 19.6 Å². The predicted octanol–water partition coefficient (Wildman–Crippen LogP) is 4.27. The number of rotatable bonds is 4. The molecule has 0 unspecified atom stereocenters. The topological polar surface area (TPSA) is 36.4 Å². The molecule has 146 valence electrons. The van der Waals surface area contributed by atoms with Crippen molar-refractivity contribution in [2.24, 2.45) is 5.92 Å². The van der Waals surface area contributed by atoms with Gasteiger partial charge in [-0.3, -0.25) is 9.69 Å². The van der Waals surface area contributed by atoms with E-state index in [0.29, 0.717) is 12.5 Å². The zero-order chi connectivity index (χ0) is 19.6. The van der Waals surface area contributed by atoms with Crippen LogP contribution >= 0.6 is 11.3 Å². The normalized spacial score (nSPS) is 18.7. The van der Waals surface area contributed by atoms with Crippen LogP contribution in [-0.2, 0) is 6.54 Å². The Morgan fingerprint density at radius 2 is 1.96 bits per heavy atom. The highest BCUT2D eigenvalue weighted by atomic mass is 32.1. The molecule has 6 heteroatoms. The van der Waals surface area contributed by atoms with Gasteiger partial charge in [-0.25, -0.2) is 9.37 Å². The smallest absolute Gasteiger partial charge is 0.265 e. The second kappa shape index (κ2) is 8.48. The van der Waals surface area contributed by atoms with Crippen molar-refractivity contribution in [1.82, 2.24) is 14.8 Å². The molecule has 1 aliphatic rings. The molecule has 1 saturated heterocycles. The lowest BCUT2D eigenvalue weighted by atomic mass is 10.0. The van der Waals surface area contributed by atoms with Gasteiger partial charge in [0.05, 0.1) is 10.7 Å². The zero-order valence-corrected chi connectivity index (χ0v) is 17.4. The van der Waals surface area contributed by atoms with E-state index in [1.807, 2.05) is 30.9 Å². The summed E-state index contributed by atoms with van der Waals surface area (Å²) in [5.41, 5.74) is 1.94. The molecule has 2 aromatic rings. The monoisotopic (exact) mass is 389 g/mol. The van der Waals surface area contributed by atoms with Crippen molar-refractivity contribution in [3.8, 4) is 0 Å². The quantitative estimate of drug-likeness (QED) is 0.783. The van der Waals surface area contributed by atoms with Gasteiger partial charge >= 0.3 is 0 Å². The molecule has 0 saturated carbocycles. The second-order valence-corrected chi connectivity index (χ2v) is 8.86. The molecular formula is C21H28FN3OS. The standard InChI is InChI=1S/C21H28FN3OS/c1-14(2)19-13-25(21(26)20-15(3)23-16(4)27-20)11-5-10-24(19)12-17-6-8-18(22)9-7-17/h6-9,14,19H,5,10-13H2,1-4H3/t19-/m0/s1. The summed E-state index contributed by atoms with van der Waals surface area (Å²) in [4.78, 5) is 22.7. The van der Waals surface area contributed by atoms with E-state index < -0.39 is 0 Å². The van der Waals surface area contributed by atoms with E-state index in [9.17, 15) is 9.18 Å². The van der Waals surface area contributed by atoms with Crippen LogP contribution in [0.4, 0.5) is 4.39 Å². The average molecular weight is 390 g/mol. The number of aryl methyl sites for hydroxylation is 2. The molecule has 0 radical (unpaired) electrons. The second-order valence-electron chi connectivity index (χ2n) is 7.66. The highest BCUT2D eigenvalue weighted by molar-refractivity contribution is 7.13. The third-order valence-corrected chi connectivity index (χ3v) is 6.26. The van der Waals surface area contributed by atoms with Crippen molar-refractivity contribution in [3.05, 3.63) is 51.2 Å². The van der Waals surface area contributed by atoms with Crippen LogP contribution in [0.3, 0.4) is 0 Å². The minimum atomic E-state index is -0.206. The SMILES string of the molecule is Cc1nc(C)c(C(=O)N2CCCN(Cc3ccc(F)cc3)[C@H](C(C)C)C2)s1. The van der Waals surface area contributed by atoms with Gasteiger partial charge < -0.3 is 4.90 Å². The summed E-state index contributed by atoms with van der Waals surface area (Å²) < 4.78 is 13.2. The Bertz CT molecular complexity index is 787. The van der Waals surface area contributed by atoms with Gasteiger partial charge in [-0.1, -0.05) is 26.0 Å². The van der Waals surface area contributed by atoms with Crippen molar-refractivity contribution < 1.29 is 9.18 Å². The van der Waals surface area contributed by atoms with Crippen LogP contribution in [-0.4, -0.2) is 46.4 Å². The molecule has 1 amide bonds. The lowest BCUT2D eigenvalue weighted by Crippen LogP contribution is -2.45. The first-order valence-corrected chi connectivity index (χ1v) is 10.4. The number of carbonyl (C=O) groups excluding carboxylic acids is 1. The van der Waals surface area contributed by atoms with Crippen LogP contribution < -0.4 is 0 Å². The molecule has 1 aromatic carbocycles. The van der Waals surface area contributed by atoms with Gasteiger partial charge in [0.2, 0.25) is 0 Å². The fraction of sp³-hybridized carbons (Fsp3) is 0.524. The largest absolute Gasteiger partial charge is 0.336 e. The lowest BCUT2D eigenvalue weighted by molar-refractivity contribution is 0.0706. The minimum absolute atomic E-state index is 0.104. The molecule has 4 nitrogen and oxygen atoms in total. The first kappa shape index (κ1) is 20.0. The Balaban J connectivity index is 1.77. The van der Waals surface area contributed by atoms with Crippen LogP contribution in [0.15, 0.2) is 24.3 Å². The molecule has 0 N–H and O–H groups in total. The Kier molecular flexibility index (Phi) is 6.27. The van der Waals surface area contributed by atoms with Gasteiger partial charge in [-0.15, -0.1) is 11.3 Å². The Morgan fingerprint density at radius 3 is 2.56 bits per heavy atom.